The molecule has 1 aromatic heterocycles. The summed E-state index contributed by atoms with van der Waals surface area (Å²) in [4.78, 5) is 54.7. The maximum atomic E-state index is 12.9. The van der Waals surface area contributed by atoms with E-state index in [4.69, 9.17) is 4.74 Å². The first-order valence-corrected chi connectivity index (χ1v) is 12.3. The number of esters is 1. The van der Waals surface area contributed by atoms with Gasteiger partial charge in [0.1, 0.15) is 5.82 Å². The van der Waals surface area contributed by atoms with Crippen LogP contribution in [0.15, 0.2) is 23.0 Å². The molecule has 2 N–H and O–H groups in total. The quantitative estimate of drug-likeness (QED) is 0.665. The molecule has 4 rings (SSSR count). The van der Waals surface area contributed by atoms with Crippen molar-refractivity contribution in [3.05, 3.63) is 39.9 Å². The van der Waals surface area contributed by atoms with E-state index in [9.17, 15) is 19.2 Å². The summed E-state index contributed by atoms with van der Waals surface area (Å²) in [7, 11) is 0. The summed E-state index contributed by atoms with van der Waals surface area (Å²) >= 11 is 0. The Labute approximate surface area is 198 Å². The third-order valence-corrected chi connectivity index (χ3v) is 6.63. The normalized spacial score (nSPS) is 17.7. The summed E-state index contributed by atoms with van der Waals surface area (Å²) in [5, 5.41) is 5.49. The highest BCUT2D eigenvalue weighted by Gasteiger charge is 2.23. The topological polar surface area (TPSA) is 119 Å². The molecule has 0 bridgehead atoms. The molecule has 1 aromatic carbocycles. The Morgan fingerprint density at radius 1 is 1.06 bits per heavy atom. The van der Waals surface area contributed by atoms with Crippen LogP contribution in [0.1, 0.15) is 80.9 Å². The van der Waals surface area contributed by atoms with E-state index in [0.717, 1.165) is 70.0 Å². The molecule has 9 heteroatoms. The summed E-state index contributed by atoms with van der Waals surface area (Å²) in [5.41, 5.74) is 0.537. The van der Waals surface area contributed by atoms with Crippen molar-refractivity contribution >= 4 is 28.8 Å². The van der Waals surface area contributed by atoms with Crippen molar-refractivity contribution < 1.29 is 19.1 Å². The average Bonchev–Trinajstić information content (AvgIpc) is 2.80. The molecule has 182 valence electrons. The molecule has 1 saturated carbocycles. The first-order valence-electron chi connectivity index (χ1n) is 12.3. The molecule has 9 nitrogen and oxygen atoms in total. The second kappa shape index (κ2) is 10.8. The molecular weight excluding hydrogens is 436 g/mol. The average molecular weight is 469 g/mol. The second-order valence-corrected chi connectivity index (χ2v) is 9.23. The molecule has 1 aliphatic carbocycles. The van der Waals surface area contributed by atoms with Gasteiger partial charge in [-0.15, -0.1) is 0 Å². The summed E-state index contributed by atoms with van der Waals surface area (Å²) in [6.07, 6.45) is 8.77. The molecule has 0 spiro atoms. The van der Waals surface area contributed by atoms with Crippen LogP contribution in [0, 0.1) is 0 Å². The number of urea groups is 1. The fraction of sp³-hybridized carbons (Fsp3) is 0.560. The lowest BCUT2D eigenvalue weighted by Gasteiger charge is -2.23. The predicted octanol–water partition coefficient (Wildman–Crippen LogP) is 3.22. The van der Waals surface area contributed by atoms with E-state index in [1.165, 1.54) is 19.1 Å². The zero-order valence-corrected chi connectivity index (χ0v) is 19.6. The summed E-state index contributed by atoms with van der Waals surface area (Å²) in [6.45, 7) is 2.07. The van der Waals surface area contributed by atoms with E-state index in [-0.39, 0.29) is 17.2 Å². The minimum Gasteiger partial charge on any atom is -0.449 e. The Hall–Kier alpha value is -3.23. The molecule has 3 amide bonds. The van der Waals surface area contributed by atoms with Gasteiger partial charge in [0.15, 0.2) is 6.10 Å². The van der Waals surface area contributed by atoms with Crippen molar-refractivity contribution in [1.29, 1.82) is 0 Å². The Morgan fingerprint density at radius 2 is 1.79 bits per heavy atom. The van der Waals surface area contributed by atoms with E-state index in [0.29, 0.717) is 17.4 Å². The van der Waals surface area contributed by atoms with Crippen LogP contribution in [0.4, 0.5) is 4.79 Å². The number of amides is 3. The number of rotatable bonds is 4. The molecule has 34 heavy (non-hydrogen) atoms. The van der Waals surface area contributed by atoms with Gasteiger partial charge in [-0.05, 0) is 50.8 Å². The zero-order valence-electron chi connectivity index (χ0n) is 19.6. The van der Waals surface area contributed by atoms with Crippen LogP contribution < -0.4 is 16.2 Å². The number of fused-ring (bicyclic) bond motifs is 2. The van der Waals surface area contributed by atoms with Gasteiger partial charge in [-0.3, -0.25) is 19.5 Å². The third kappa shape index (κ3) is 5.63. The van der Waals surface area contributed by atoms with Gasteiger partial charge in [0.05, 0.1) is 16.5 Å². The number of aromatic nitrogens is 2. The van der Waals surface area contributed by atoms with Crippen molar-refractivity contribution in [3.63, 3.8) is 0 Å². The van der Waals surface area contributed by atoms with Crippen molar-refractivity contribution in [2.45, 2.75) is 89.8 Å². The fourth-order valence-corrected chi connectivity index (χ4v) is 4.69. The standard InChI is InChI=1S/C25H32N4O5/c1-16(22(30)28-25(33)26-18-9-5-4-6-10-18)34-24(32)17-12-13-19-20(15-17)27-21-11-7-2-3-8-14-29(21)23(19)31/h12-13,15-16,18H,2-11,14H2,1H3,(H2,26,28,30,33)/t16-/m0/s1. The molecule has 0 unspecified atom stereocenters. The summed E-state index contributed by atoms with van der Waals surface area (Å²) < 4.78 is 7.02. The summed E-state index contributed by atoms with van der Waals surface area (Å²) in [6, 6.07) is 4.10. The molecule has 0 saturated heterocycles. The number of nitrogens with one attached hydrogen (secondary N) is 2. The molecule has 1 atom stereocenters. The first kappa shape index (κ1) is 23.9. The van der Waals surface area contributed by atoms with Crippen LogP contribution in [0.5, 0.6) is 0 Å². The van der Waals surface area contributed by atoms with Crippen molar-refractivity contribution in [1.82, 2.24) is 20.2 Å². The SMILES string of the molecule is C[C@H](OC(=O)c1ccc2c(=O)n3c(nc2c1)CCCCCC3)C(=O)NC(=O)NC1CCCCC1. The maximum absolute atomic E-state index is 12.9. The van der Waals surface area contributed by atoms with Crippen LogP contribution in [0.25, 0.3) is 10.9 Å². The molecule has 2 heterocycles. The Morgan fingerprint density at radius 3 is 2.59 bits per heavy atom. The Balaban J connectivity index is 1.41. The highest BCUT2D eigenvalue weighted by Crippen LogP contribution is 2.18. The lowest BCUT2D eigenvalue weighted by molar-refractivity contribution is -0.127. The minimum atomic E-state index is -1.16. The van der Waals surface area contributed by atoms with Gasteiger partial charge in [-0.25, -0.2) is 14.6 Å². The highest BCUT2D eigenvalue weighted by atomic mass is 16.5. The fourth-order valence-electron chi connectivity index (χ4n) is 4.69. The van der Waals surface area contributed by atoms with Crippen molar-refractivity contribution in [2.24, 2.45) is 0 Å². The monoisotopic (exact) mass is 468 g/mol. The van der Waals surface area contributed by atoms with Gasteiger partial charge in [0.25, 0.3) is 11.5 Å². The van der Waals surface area contributed by atoms with Crippen LogP contribution in [0.3, 0.4) is 0 Å². The van der Waals surface area contributed by atoms with Gasteiger partial charge in [-0.1, -0.05) is 32.1 Å². The van der Waals surface area contributed by atoms with Crippen LogP contribution in [-0.4, -0.2) is 39.6 Å². The predicted molar refractivity (Wildman–Crippen MR) is 127 cm³/mol. The van der Waals surface area contributed by atoms with Gasteiger partial charge >= 0.3 is 12.0 Å². The lowest BCUT2D eigenvalue weighted by Crippen LogP contribution is -2.48. The minimum absolute atomic E-state index is 0.0630. The molecule has 1 aliphatic heterocycles. The molecule has 2 aromatic rings. The lowest BCUT2D eigenvalue weighted by atomic mass is 9.96. The van der Waals surface area contributed by atoms with E-state index in [1.54, 1.807) is 10.6 Å². The van der Waals surface area contributed by atoms with Crippen LogP contribution in [-0.2, 0) is 22.5 Å². The first-order chi connectivity index (χ1) is 16.4. The van der Waals surface area contributed by atoms with Gasteiger partial charge in [0.2, 0.25) is 0 Å². The number of benzene rings is 1. The van der Waals surface area contributed by atoms with E-state index < -0.39 is 24.0 Å². The summed E-state index contributed by atoms with van der Waals surface area (Å²) in [5.74, 6) is -0.675. The number of hydrogen-bond donors (Lipinski definition) is 2. The third-order valence-electron chi connectivity index (χ3n) is 6.63. The van der Waals surface area contributed by atoms with Gasteiger partial charge in [-0.2, -0.15) is 0 Å². The maximum Gasteiger partial charge on any atom is 0.338 e. The van der Waals surface area contributed by atoms with E-state index >= 15 is 0 Å². The van der Waals surface area contributed by atoms with Crippen molar-refractivity contribution in [2.75, 3.05) is 0 Å². The number of carbonyl (C=O) groups is 3. The number of imide groups is 1. The Bertz CT molecular complexity index is 1140. The van der Waals surface area contributed by atoms with Crippen LogP contribution >= 0.6 is 0 Å². The Kier molecular flexibility index (Phi) is 7.59. The van der Waals surface area contributed by atoms with E-state index in [1.807, 2.05) is 0 Å². The number of carbonyl (C=O) groups excluding carboxylic acids is 3. The number of ether oxygens (including phenoxy) is 1. The molecule has 0 radical (unpaired) electrons. The van der Waals surface area contributed by atoms with Gasteiger partial charge < -0.3 is 10.1 Å². The van der Waals surface area contributed by atoms with Gasteiger partial charge in [0, 0.05) is 19.0 Å². The second-order valence-electron chi connectivity index (χ2n) is 9.23. The van der Waals surface area contributed by atoms with E-state index in [2.05, 4.69) is 15.6 Å². The molecular formula is C25H32N4O5. The van der Waals surface area contributed by atoms with Crippen LogP contribution in [0.2, 0.25) is 0 Å². The molecule has 2 aliphatic rings. The highest BCUT2D eigenvalue weighted by molar-refractivity contribution is 5.99. The largest absolute Gasteiger partial charge is 0.449 e. The number of nitrogens with zero attached hydrogens (tertiary/aromatic N) is 2. The van der Waals surface area contributed by atoms with Crippen molar-refractivity contribution in [3.8, 4) is 0 Å². The smallest absolute Gasteiger partial charge is 0.338 e. The zero-order chi connectivity index (χ0) is 24.1. The molecule has 1 fully saturated rings. The number of aryl methyl sites for hydroxylation is 1. The number of hydrogen-bond acceptors (Lipinski definition) is 6.